The Morgan fingerprint density at radius 3 is 2.61 bits per heavy atom. The summed E-state index contributed by atoms with van der Waals surface area (Å²) in [6.07, 6.45) is 1.44. The van der Waals surface area contributed by atoms with E-state index in [9.17, 15) is 9.59 Å². The van der Waals surface area contributed by atoms with E-state index in [0.29, 0.717) is 38.3 Å². The Balaban J connectivity index is 1.52. The van der Waals surface area contributed by atoms with Crippen LogP contribution < -0.4 is 10.2 Å². The summed E-state index contributed by atoms with van der Waals surface area (Å²) in [7, 11) is 0. The molecule has 1 aliphatic rings. The van der Waals surface area contributed by atoms with E-state index in [4.69, 9.17) is 23.2 Å². The molecular weight excluding hydrogens is 399 g/mol. The monoisotopic (exact) mass is 421 g/mol. The molecule has 3 rings (SSSR count). The molecule has 148 valence electrons. The second-order valence-electron chi connectivity index (χ2n) is 7.01. The lowest BCUT2D eigenvalue weighted by atomic mass is 10.1. The topological polar surface area (TPSA) is 66.7 Å². The standard InChI is InChI=1S/C20H22Cl2N4O2/c1-13-4-3-5-17(14(13)2)24-18(27)12-25-6-8-26(9-7-25)20(28)15-10-16(21)19(22)23-11-15/h3-5,10-11H,6-9,12H2,1-2H3,(H,24,27)/p+1. The maximum atomic E-state index is 12.6. The largest absolute Gasteiger partial charge is 0.327 e. The highest BCUT2D eigenvalue weighted by atomic mass is 35.5. The van der Waals surface area contributed by atoms with Crippen LogP contribution in [0.1, 0.15) is 21.5 Å². The predicted molar refractivity (Wildman–Crippen MR) is 110 cm³/mol. The molecule has 1 saturated heterocycles. The van der Waals surface area contributed by atoms with Gasteiger partial charge in [0.25, 0.3) is 11.8 Å². The highest BCUT2D eigenvalue weighted by Gasteiger charge is 2.26. The summed E-state index contributed by atoms with van der Waals surface area (Å²) in [6.45, 7) is 6.97. The lowest BCUT2D eigenvalue weighted by Crippen LogP contribution is -3.15. The van der Waals surface area contributed by atoms with Gasteiger partial charge < -0.3 is 15.1 Å². The Morgan fingerprint density at radius 1 is 1.21 bits per heavy atom. The van der Waals surface area contributed by atoms with Gasteiger partial charge in [0.1, 0.15) is 5.15 Å². The molecule has 0 bridgehead atoms. The van der Waals surface area contributed by atoms with Crippen molar-refractivity contribution < 1.29 is 14.5 Å². The molecule has 1 fully saturated rings. The second-order valence-corrected chi connectivity index (χ2v) is 7.78. The number of hydrogen-bond donors (Lipinski definition) is 2. The average molecular weight is 422 g/mol. The third-order valence-corrected chi connectivity index (χ3v) is 5.78. The average Bonchev–Trinajstić information content (AvgIpc) is 2.67. The molecule has 0 radical (unpaired) electrons. The van der Waals surface area contributed by atoms with Crippen LogP contribution in [0.15, 0.2) is 30.5 Å². The normalized spacial score (nSPS) is 14.8. The zero-order valence-electron chi connectivity index (χ0n) is 15.9. The molecular formula is C20H23Cl2N4O2+. The van der Waals surface area contributed by atoms with Crippen LogP contribution >= 0.6 is 23.2 Å². The van der Waals surface area contributed by atoms with E-state index < -0.39 is 0 Å². The van der Waals surface area contributed by atoms with Gasteiger partial charge in [-0.15, -0.1) is 0 Å². The first kappa shape index (κ1) is 20.6. The summed E-state index contributed by atoms with van der Waals surface area (Å²) < 4.78 is 0. The Labute approximate surface area is 174 Å². The van der Waals surface area contributed by atoms with Crippen molar-refractivity contribution in [2.45, 2.75) is 13.8 Å². The van der Waals surface area contributed by atoms with E-state index in [0.717, 1.165) is 21.7 Å². The number of aryl methyl sites for hydroxylation is 1. The first-order valence-electron chi connectivity index (χ1n) is 9.15. The van der Waals surface area contributed by atoms with Crippen molar-refractivity contribution in [2.75, 3.05) is 38.0 Å². The van der Waals surface area contributed by atoms with Crippen LogP contribution in [0.5, 0.6) is 0 Å². The van der Waals surface area contributed by atoms with Crippen molar-refractivity contribution in [1.29, 1.82) is 0 Å². The van der Waals surface area contributed by atoms with Crippen molar-refractivity contribution in [3.63, 3.8) is 0 Å². The molecule has 1 aromatic carbocycles. The number of halogens is 2. The smallest absolute Gasteiger partial charge is 0.279 e. The number of carbonyl (C=O) groups excluding carboxylic acids is 2. The molecule has 0 unspecified atom stereocenters. The van der Waals surface area contributed by atoms with Crippen molar-refractivity contribution in [3.8, 4) is 0 Å². The lowest BCUT2D eigenvalue weighted by Gasteiger charge is -2.32. The number of nitrogens with one attached hydrogen (secondary N) is 2. The first-order valence-corrected chi connectivity index (χ1v) is 9.90. The Morgan fingerprint density at radius 2 is 1.93 bits per heavy atom. The number of rotatable bonds is 4. The minimum absolute atomic E-state index is 0.0165. The number of carbonyl (C=O) groups is 2. The minimum Gasteiger partial charge on any atom is -0.327 e. The lowest BCUT2D eigenvalue weighted by molar-refractivity contribution is -0.895. The highest BCUT2D eigenvalue weighted by molar-refractivity contribution is 6.41. The van der Waals surface area contributed by atoms with Gasteiger partial charge in [-0.2, -0.15) is 0 Å². The van der Waals surface area contributed by atoms with Gasteiger partial charge in [-0.1, -0.05) is 35.3 Å². The zero-order chi connectivity index (χ0) is 20.3. The van der Waals surface area contributed by atoms with E-state index in [1.165, 1.54) is 12.3 Å². The molecule has 8 heteroatoms. The predicted octanol–water partition coefficient (Wildman–Crippen LogP) is 1.98. The fourth-order valence-electron chi connectivity index (χ4n) is 3.23. The van der Waals surface area contributed by atoms with Gasteiger partial charge in [0.2, 0.25) is 0 Å². The van der Waals surface area contributed by atoms with Crippen molar-refractivity contribution >= 4 is 40.7 Å². The molecule has 0 saturated carbocycles. The van der Waals surface area contributed by atoms with Gasteiger partial charge in [-0.3, -0.25) is 9.59 Å². The Bertz CT molecular complexity index is 896. The molecule has 2 N–H and O–H groups in total. The van der Waals surface area contributed by atoms with Gasteiger partial charge in [0.05, 0.1) is 36.8 Å². The van der Waals surface area contributed by atoms with Crippen LogP contribution in [0, 0.1) is 13.8 Å². The number of pyridine rings is 1. The zero-order valence-corrected chi connectivity index (χ0v) is 17.4. The number of benzene rings is 1. The van der Waals surface area contributed by atoms with Gasteiger partial charge in [-0.25, -0.2) is 4.98 Å². The molecule has 0 spiro atoms. The molecule has 1 aliphatic heterocycles. The summed E-state index contributed by atoms with van der Waals surface area (Å²) in [5.74, 6) is -0.137. The summed E-state index contributed by atoms with van der Waals surface area (Å²) in [6, 6.07) is 7.41. The molecule has 2 aromatic rings. The number of anilines is 1. The Kier molecular flexibility index (Phi) is 6.54. The minimum atomic E-state index is -0.120. The van der Waals surface area contributed by atoms with E-state index >= 15 is 0 Å². The molecule has 0 atom stereocenters. The summed E-state index contributed by atoms with van der Waals surface area (Å²) in [4.78, 5) is 31.8. The molecule has 2 heterocycles. The molecule has 6 nitrogen and oxygen atoms in total. The fraction of sp³-hybridized carbons (Fsp3) is 0.350. The van der Waals surface area contributed by atoms with E-state index in [1.807, 2.05) is 32.0 Å². The third-order valence-electron chi connectivity index (χ3n) is 5.09. The van der Waals surface area contributed by atoms with E-state index in [1.54, 1.807) is 4.90 Å². The van der Waals surface area contributed by atoms with Gasteiger partial charge >= 0.3 is 0 Å². The van der Waals surface area contributed by atoms with Gasteiger partial charge in [-0.05, 0) is 37.1 Å². The second kappa shape index (κ2) is 8.90. The summed E-state index contributed by atoms with van der Waals surface area (Å²) >= 11 is 11.8. The Hall–Kier alpha value is -2.15. The number of hydrogen-bond acceptors (Lipinski definition) is 3. The number of quaternary nitrogens is 1. The van der Waals surface area contributed by atoms with Crippen molar-refractivity contribution in [3.05, 3.63) is 57.3 Å². The first-order chi connectivity index (χ1) is 13.3. The third kappa shape index (κ3) is 4.82. The van der Waals surface area contributed by atoms with Gasteiger partial charge in [0, 0.05) is 11.9 Å². The highest BCUT2D eigenvalue weighted by Crippen LogP contribution is 2.20. The van der Waals surface area contributed by atoms with Crippen LogP contribution in [-0.2, 0) is 4.79 Å². The van der Waals surface area contributed by atoms with Gasteiger partial charge in [0.15, 0.2) is 6.54 Å². The fourth-order valence-corrected chi connectivity index (χ4v) is 3.50. The summed E-state index contributed by atoms with van der Waals surface area (Å²) in [5, 5.41) is 3.44. The van der Waals surface area contributed by atoms with Crippen molar-refractivity contribution in [2.24, 2.45) is 0 Å². The van der Waals surface area contributed by atoms with E-state index in [2.05, 4.69) is 10.3 Å². The summed E-state index contributed by atoms with van der Waals surface area (Å²) in [5.41, 5.74) is 3.50. The molecule has 1 aromatic heterocycles. The van der Waals surface area contributed by atoms with Crippen LogP contribution in [0.2, 0.25) is 10.2 Å². The van der Waals surface area contributed by atoms with Crippen LogP contribution in [0.3, 0.4) is 0 Å². The number of amides is 2. The maximum absolute atomic E-state index is 12.6. The number of aromatic nitrogens is 1. The number of nitrogens with zero attached hydrogens (tertiary/aromatic N) is 2. The van der Waals surface area contributed by atoms with Crippen LogP contribution in [0.4, 0.5) is 5.69 Å². The molecule has 0 aliphatic carbocycles. The quantitative estimate of drug-likeness (QED) is 0.741. The molecule has 2 amide bonds. The van der Waals surface area contributed by atoms with Crippen molar-refractivity contribution in [1.82, 2.24) is 9.88 Å². The number of piperazine rings is 1. The van der Waals surface area contributed by atoms with Crippen LogP contribution in [0.25, 0.3) is 0 Å². The maximum Gasteiger partial charge on any atom is 0.279 e. The molecule has 28 heavy (non-hydrogen) atoms. The van der Waals surface area contributed by atoms with E-state index in [-0.39, 0.29) is 22.0 Å². The van der Waals surface area contributed by atoms with Crippen LogP contribution in [-0.4, -0.2) is 54.4 Å². The SMILES string of the molecule is Cc1cccc(NC(=O)C[NH+]2CCN(C(=O)c3cnc(Cl)c(Cl)c3)CC2)c1C.